The van der Waals surface area contributed by atoms with Gasteiger partial charge in [0.1, 0.15) is 17.3 Å². The molecule has 5 N–H and O–H groups in total. The van der Waals surface area contributed by atoms with Gasteiger partial charge in [0.2, 0.25) is 11.8 Å². The number of amidine groups is 1. The van der Waals surface area contributed by atoms with Crippen molar-refractivity contribution >= 4 is 29.1 Å². The van der Waals surface area contributed by atoms with E-state index in [0.717, 1.165) is 0 Å². The quantitative estimate of drug-likeness (QED) is 0.441. The van der Waals surface area contributed by atoms with Crippen LogP contribution >= 0.6 is 11.6 Å². The zero-order valence-corrected chi connectivity index (χ0v) is 15.1. The lowest BCUT2D eigenvalue weighted by Crippen LogP contribution is -2.21. The average Bonchev–Trinajstić information content (AvgIpc) is 3.15. The second-order valence-corrected chi connectivity index (χ2v) is 5.74. The highest BCUT2D eigenvalue weighted by molar-refractivity contribution is 6.30. The average molecular weight is 401 g/mol. The second-order valence-electron chi connectivity index (χ2n) is 5.30. The molecular weight excluding hydrogens is 387 g/mol. The van der Waals surface area contributed by atoms with Gasteiger partial charge in [0.05, 0.1) is 5.69 Å². The van der Waals surface area contributed by atoms with Crippen molar-refractivity contribution in [1.82, 2.24) is 15.1 Å². The molecule has 3 rings (SSSR count). The summed E-state index contributed by atoms with van der Waals surface area (Å²) in [5.74, 6) is -0.700. The van der Waals surface area contributed by atoms with Crippen LogP contribution in [0.4, 0.5) is 10.1 Å². The number of anilines is 1. The van der Waals surface area contributed by atoms with Crippen molar-refractivity contribution in [3.8, 4) is 11.6 Å². The molecule has 0 fully saturated rings. The Morgan fingerprint density at radius 1 is 1.21 bits per heavy atom. The number of benzene rings is 1. The Morgan fingerprint density at radius 2 is 2.04 bits per heavy atom. The number of hydrogen-bond donors (Lipinski definition) is 3. The summed E-state index contributed by atoms with van der Waals surface area (Å²) in [6, 6.07) is 9.22. The van der Waals surface area contributed by atoms with E-state index in [1.54, 1.807) is 24.4 Å². The van der Waals surface area contributed by atoms with Crippen LogP contribution in [0.2, 0.25) is 5.02 Å². The molecule has 0 saturated carbocycles. The number of rotatable bonds is 5. The molecule has 0 bridgehead atoms. The van der Waals surface area contributed by atoms with Gasteiger partial charge in [-0.1, -0.05) is 29.4 Å². The normalized spacial score (nSPS) is 12.1. The summed E-state index contributed by atoms with van der Waals surface area (Å²) in [4.78, 5) is 15.9. The predicted octanol–water partition coefficient (Wildman–Crippen LogP) is 2.53. The fraction of sp³-hybridized carbons (Fsp3) is 0. The zero-order valence-electron chi connectivity index (χ0n) is 14.3. The molecule has 0 aliphatic rings. The van der Waals surface area contributed by atoms with Gasteiger partial charge >= 0.3 is 0 Å². The van der Waals surface area contributed by atoms with Crippen molar-refractivity contribution < 1.29 is 8.91 Å². The maximum Gasteiger partial charge on any atom is 0.276 e. The van der Waals surface area contributed by atoms with E-state index in [1.165, 1.54) is 18.2 Å². The van der Waals surface area contributed by atoms with Crippen molar-refractivity contribution in [3.63, 3.8) is 0 Å². The summed E-state index contributed by atoms with van der Waals surface area (Å²) in [6.07, 6.45) is 1.59. The lowest BCUT2D eigenvalue weighted by atomic mass is 10.3. The van der Waals surface area contributed by atoms with E-state index in [2.05, 4.69) is 37.0 Å². The largest absolute Gasteiger partial charge is 0.380 e. The summed E-state index contributed by atoms with van der Waals surface area (Å²) in [6.45, 7) is 3.63. The molecule has 3 aromatic rings. The van der Waals surface area contributed by atoms with E-state index >= 15 is 0 Å². The van der Waals surface area contributed by atoms with Gasteiger partial charge in [0, 0.05) is 11.2 Å². The number of pyridine rings is 1. The maximum atomic E-state index is 13.7. The van der Waals surface area contributed by atoms with Crippen molar-refractivity contribution in [3.05, 3.63) is 71.7 Å². The first-order valence-corrected chi connectivity index (χ1v) is 8.15. The van der Waals surface area contributed by atoms with Crippen LogP contribution in [0.5, 0.6) is 0 Å². The highest BCUT2D eigenvalue weighted by Gasteiger charge is 2.13. The maximum absolute atomic E-state index is 13.7. The Bertz CT molecular complexity index is 1060. The predicted molar refractivity (Wildman–Crippen MR) is 104 cm³/mol. The molecule has 0 saturated heterocycles. The van der Waals surface area contributed by atoms with Crippen LogP contribution in [-0.4, -0.2) is 26.9 Å². The van der Waals surface area contributed by atoms with Crippen LogP contribution in [0, 0.1) is 5.82 Å². The van der Waals surface area contributed by atoms with E-state index in [1.807, 2.05) is 0 Å². The van der Waals surface area contributed by atoms with Gasteiger partial charge in [-0.05, 0) is 30.3 Å². The standard InChI is InChI=1S/C17H14ClFN8O/c1-9(23-13-8-10(18)5-6-11(13)19)24-17(21)25-14(20)15-26-16(28-27-15)12-4-2-3-7-22-12/h2-8,23H,1H2,(H4,20,21,24,25). The van der Waals surface area contributed by atoms with Crippen LogP contribution in [0.15, 0.2) is 69.5 Å². The molecule has 0 amide bonds. The highest BCUT2D eigenvalue weighted by atomic mass is 35.5. The number of nitrogens with zero attached hydrogens (tertiary/aromatic N) is 5. The fourth-order valence-electron chi connectivity index (χ4n) is 2.03. The Labute approximate surface area is 163 Å². The molecular formula is C17H14ClFN8O. The lowest BCUT2D eigenvalue weighted by Gasteiger charge is -2.07. The van der Waals surface area contributed by atoms with Crippen molar-refractivity contribution in [2.45, 2.75) is 0 Å². The summed E-state index contributed by atoms with van der Waals surface area (Å²) in [7, 11) is 0. The highest BCUT2D eigenvalue weighted by Crippen LogP contribution is 2.20. The summed E-state index contributed by atoms with van der Waals surface area (Å²) in [5, 5.41) is 6.69. The molecule has 2 heterocycles. The van der Waals surface area contributed by atoms with Gasteiger partial charge < -0.3 is 21.3 Å². The fourth-order valence-corrected chi connectivity index (χ4v) is 2.21. The third kappa shape index (κ3) is 4.68. The number of aromatic nitrogens is 3. The molecule has 0 atom stereocenters. The Hall–Kier alpha value is -3.79. The molecule has 0 aliphatic carbocycles. The summed E-state index contributed by atoms with van der Waals surface area (Å²) < 4.78 is 18.8. The van der Waals surface area contributed by atoms with Crippen molar-refractivity contribution in [2.75, 3.05) is 5.32 Å². The third-order valence-corrected chi connectivity index (χ3v) is 3.47. The Balaban J connectivity index is 1.72. The van der Waals surface area contributed by atoms with Crippen LogP contribution in [0.1, 0.15) is 5.82 Å². The van der Waals surface area contributed by atoms with Crippen LogP contribution in [0.3, 0.4) is 0 Å². The van der Waals surface area contributed by atoms with E-state index in [-0.39, 0.29) is 35.0 Å². The number of aliphatic imine (C=N–C) groups is 2. The van der Waals surface area contributed by atoms with Gasteiger partial charge in [0.15, 0.2) is 5.84 Å². The van der Waals surface area contributed by atoms with E-state index in [9.17, 15) is 4.39 Å². The first-order chi connectivity index (χ1) is 13.4. The smallest absolute Gasteiger partial charge is 0.276 e. The number of halogens is 2. The van der Waals surface area contributed by atoms with E-state index in [4.69, 9.17) is 27.6 Å². The molecule has 2 aromatic heterocycles. The SMILES string of the molecule is C=C(/N=C(N)\N=C(/N)c1noc(-c2ccccn2)n1)Nc1cc(Cl)ccc1F. The summed E-state index contributed by atoms with van der Waals surface area (Å²) in [5.41, 5.74) is 12.1. The van der Waals surface area contributed by atoms with E-state index < -0.39 is 5.82 Å². The van der Waals surface area contributed by atoms with Gasteiger partial charge in [-0.3, -0.25) is 4.98 Å². The molecule has 142 valence electrons. The molecule has 28 heavy (non-hydrogen) atoms. The van der Waals surface area contributed by atoms with Crippen molar-refractivity contribution in [2.24, 2.45) is 21.5 Å². The molecule has 0 radical (unpaired) electrons. The van der Waals surface area contributed by atoms with Gasteiger partial charge in [-0.25, -0.2) is 4.39 Å². The minimum atomic E-state index is -0.531. The molecule has 11 heteroatoms. The molecule has 0 unspecified atom stereocenters. The van der Waals surface area contributed by atoms with E-state index in [0.29, 0.717) is 10.7 Å². The molecule has 1 aromatic carbocycles. The number of nitrogens with two attached hydrogens (primary N) is 2. The van der Waals surface area contributed by atoms with Crippen LogP contribution in [-0.2, 0) is 0 Å². The van der Waals surface area contributed by atoms with Gasteiger partial charge in [-0.15, -0.1) is 0 Å². The number of hydrogen-bond acceptors (Lipinski definition) is 6. The van der Waals surface area contributed by atoms with Gasteiger partial charge in [-0.2, -0.15) is 15.0 Å². The zero-order chi connectivity index (χ0) is 20.1. The summed E-state index contributed by atoms with van der Waals surface area (Å²) >= 11 is 5.83. The minimum Gasteiger partial charge on any atom is -0.380 e. The third-order valence-electron chi connectivity index (χ3n) is 3.23. The first-order valence-electron chi connectivity index (χ1n) is 7.77. The van der Waals surface area contributed by atoms with Gasteiger partial charge in [0.25, 0.3) is 5.89 Å². The Morgan fingerprint density at radius 3 is 2.79 bits per heavy atom. The van der Waals surface area contributed by atoms with Crippen LogP contribution in [0.25, 0.3) is 11.6 Å². The number of guanidine groups is 1. The molecule has 0 spiro atoms. The minimum absolute atomic E-state index is 0.0123. The Kier molecular flexibility index (Phi) is 5.61. The lowest BCUT2D eigenvalue weighted by molar-refractivity contribution is 0.427. The van der Waals surface area contributed by atoms with Crippen LogP contribution < -0.4 is 16.8 Å². The first kappa shape index (κ1) is 19.0. The second kappa shape index (κ2) is 8.27. The van der Waals surface area contributed by atoms with Crippen molar-refractivity contribution in [1.29, 1.82) is 0 Å². The number of nitrogens with one attached hydrogen (secondary N) is 1. The topological polar surface area (TPSA) is 141 Å². The molecule has 0 aliphatic heterocycles. The monoisotopic (exact) mass is 400 g/mol. The molecule has 9 nitrogen and oxygen atoms in total.